The second-order valence-electron chi connectivity index (χ2n) is 7.78. The third-order valence-corrected chi connectivity index (χ3v) is 6.12. The highest BCUT2D eigenvalue weighted by molar-refractivity contribution is 8.00. The van der Waals surface area contributed by atoms with Crippen LogP contribution in [0.2, 0.25) is 5.02 Å². The van der Waals surface area contributed by atoms with Gasteiger partial charge in [0.1, 0.15) is 6.04 Å². The van der Waals surface area contributed by atoms with Crippen molar-refractivity contribution in [2.45, 2.75) is 51.6 Å². The van der Waals surface area contributed by atoms with Crippen LogP contribution in [0.3, 0.4) is 0 Å². The van der Waals surface area contributed by atoms with Crippen LogP contribution in [0.5, 0.6) is 0 Å². The first kappa shape index (κ1) is 24.3. The Balaban J connectivity index is 2.19. The molecule has 0 aliphatic carbocycles. The molecule has 0 aliphatic heterocycles. The van der Waals surface area contributed by atoms with Crippen molar-refractivity contribution in [3.63, 3.8) is 0 Å². The van der Waals surface area contributed by atoms with Crippen LogP contribution in [0.4, 0.5) is 0 Å². The molecule has 2 aromatic carbocycles. The van der Waals surface area contributed by atoms with E-state index in [4.69, 9.17) is 11.6 Å². The van der Waals surface area contributed by atoms with Crippen molar-refractivity contribution in [1.29, 1.82) is 0 Å². The van der Waals surface area contributed by atoms with E-state index < -0.39 is 6.04 Å². The number of aryl methyl sites for hydroxylation is 1. The first-order chi connectivity index (χ1) is 14.3. The molecule has 1 N–H and O–H groups in total. The average Bonchev–Trinajstić information content (AvgIpc) is 2.72. The summed E-state index contributed by atoms with van der Waals surface area (Å²) < 4.78 is 0. The molecule has 0 bridgehead atoms. The van der Waals surface area contributed by atoms with Crippen LogP contribution in [-0.4, -0.2) is 35.1 Å². The Kier molecular flexibility index (Phi) is 9.73. The minimum atomic E-state index is -0.536. The van der Waals surface area contributed by atoms with Gasteiger partial charge in [0.15, 0.2) is 0 Å². The van der Waals surface area contributed by atoms with Crippen LogP contribution >= 0.6 is 23.4 Å². The molecular weight excluding hydrogens is 416 g/mol. The minimum absolute atomic E-state index is 0.0768. The van der Waals surface area contributed by atoms with E-state index in [1.165, 1.54) is 17.3 Å². The third-order valence-electron chi connectivity index (χ3n) is 4.75. The summed E-state index contributed by atoms with van der Waals surface area (Å²) in [6, 6.07) is 15.0. The first-order valence-corrected chi connectivity index (χ1v) is 11.7. The van der Waals surface area contributed by atoms with E-state index >= 15 is 0 Å². The van der Waals surface area contributed by atoms with Crippen molar-refractivity contribution in [3.8, 4) is 0 Å². The topological polar surface area (TPSA) is 49.4 Å². The normalized spacial score (nSPS) is 11.9. The number of carbonyl (C=O) groups excluding carboxylic acids is 2. The van der Waals surface area contributed by atoms with Gasteiger partial charge in [0.25, 0.3) is 0 Å². The number of hydrogen-bond donors (Lipinski definition) is 1. The van der Waals surface area contributed by atoms with Crippen LogP contribution in [0, 0.1) is 12.8 Å². The zero-order valence-corrected chi connectivity index (χ0v) is 19.7. The Morgan fingerprint density at radius 3 is 2.37 bits per heavy atom. The van der Waals surface area contributed by atoms with E-state index in [9.17, 15) is 9.59 Å². The van der Waals surface area contributed by atoms with E-state index in [1.807, 2.05) is 70.2 Å². The molecule has 2 rings (SSSR count). The highest BCUT2D eigenvalue weighted by Gasteiger charge is 2.29. The summed E-state index contributed by atoms with van der Waals surface area (Å²) in [4.78, 5) is 28.8. The summed E-state index contributed by atoms with van der Waals surface area (Å²) >= 11 is 7.83. The predicted octanol–water partition coefficient (Wildman–Crippen LogP) is 5.32. The second kappa shape index (κ2) is 12.0. The SMILES string of the molecule is CCC(C(=O)NCC(C)C)N(Cc1ccccc1Cl)C(=O)CSc1ccc(C)cc1. The molecule has 0 spiro atoms. The second-order valence-corrected chi connectivity index (χ2v) is 9.23. The van der Waals surface area contributed by atoms with Crippen LogP contribution < -0.4 is 5.32 Å². The fraction of sp³-hybridized carbons (Fsp3) is 0.417. The molecule has 0 heterocycles. The summed E-state index contributed by atoms with van der Waals surface area (Å²) in [5, 5.41) is 3.57. The number of nitrogens with zero attached hydrogens (tertiary/aromatic N) is 1. The molecule has 1 unspecified atom stereocenters. The van der Waals surface area contributed by atoms with E-state index in [1.54, 1.807) is 11.0 Å². The zero-order chi connectivity index (χ0) is 22.1. The quantitative estimate of drug-likeness (QED) is 0.502. The summed E-state index contributed by atoms with van der Waals surface area (Å²) in [5.74, 6) is 0.414. The number of nitrogens with one attached hydrogen (secondary N) is 1. The lowest BCUT2D eigenvalue weighted by Crippen LogP contribution is -2.50. The van der Waals surface area contributed by atoms with Gasteiger partial charge in [-0.3, -0.25) is 9.59 Å². The number of amides is 2. The van der Waals surface area contributed by atoms with Gasteiger partial charge in [-0.15, -0.1) is 11.8 Å². The summed E-state index contributed by atoms with van der Waals surface area (Å²) in [6.45, 7) is 8.95. The van der Waals surface area contributed by atoms with Gasteiger partial charge in [-0.1, -0.05) is 68.3 Å². The molecular formula is C24H31ClN2O2S. The number of halogens is 1. The zero-order valence-electron chi connectivity index (χ0n) is 18.2. The molecule has 1 atom stereocenters. The van der Waals surface area contributed by atoms with Crippen molar-refractivity contribution in [1.82, 2.24) is 10.2 Å². The number of thioether (sulfide) groups is 1. The van der Waals surface area contributed by atoms with Crippen molar-refractivity contribution >= 4 is 35.2 Å². The number of benzene rings is 2. The minimum Gasteiger partial charge on any atom is -0.354 e. The molecule has 0 saturated heterocycles. The maximum absolute atomic E-state index is 13.2. The van der Waals surface area contributed by atoms with E-state index in [2.05, 4.69) is 5.32 Å². The van der Waals surface area contributed by atoms with Crippen LogP contribution in [0.15, 0.2) is 53.4 Å². The fourth-order valence-corrected chi connectivity index (χ4v) is 3.99. The monoisotopic (exact) mass is 446 g/mol. The molecule has 2 amide bonds. The van der Waals surface area contributed by atoms with Gasteiger partial charge in [-0.2, -0.15) is 0 Å². The lowest BCUT2D eigenvalue weighted by molar-refractivity contribution is -0.139. The lowest BCUT2D eigenvalue weighted by Gasteiger charge is -2.31. The highest BCUT2D eigenvalue weighted by Crippen LogP contribution is 2.23. The van der Waals surface area contributed by atoms with Gasteiger partial charge >= 0.3 is 0 Å². The Morgan fingerprint density at radius 1 is 1.10 bits per heavy atom. The van der Waals surface area contributed by atoms with Crippen molar-refractivity contribution < 1.29 is 9.59 Å². The van der Waals surface area contributed by atoms with Crippen molar-refractivity contribution in [2.24, 2.45) is 5.92 Å². The molecule has 6 heteroatoms. The van der Waals surface area contributed by atoms with E-state index in [0.717, 1.165) is 10.5 Å². The molecule has 4 nitrogen and oxygen atoms in total. The van der Waals surface area contributed by atoms with Gasteiger partial charge < -0.3 is 10.2 Å². The fourth-order valence-electron chi connectivity index (χ4n) is 3.01. The van der Waals surface area contributed by atoms with Crippen LogP contribution in [0.1, 0.15) is 38.3 Å². The van der Waals surface area contributed by atoms with Crippen LogP contribution in [-0.2, 0) is 16.1 Å². The number of carbonyl (C=O) groups is 2. The molecule has 0 radical (unpaired) electrons. The third kappa shape index (κ3) is 7.37. The molecule has 0 aliphatic rings. The Bertz CT molecular complexity index is 839. The van der Waals surface area contributed by atoms with Gasteiger partial charge in [-0.25, -0.2) is 0 Å². The molecule has 2 aromatic rings. The molecule has 0 saturated carbocycles. The molecule has 0 fully saturated rings. The van der Waals surface area contributed by atoms with Gasteiger partial charge in [0.2, 0.25) is 11.8 Å². The largest absolute Gasteiger partial charge is 0.354 e. The van der Waals surface area contributed by atoms with E-state index in [0.29, 0.717) is 30.5 Å². The first-order valence-electron chi connectivity index (χ1n) is 10.3. The number of hydrogen-bond acceptors (Lipinski definition) is 3. The van der Waals surface area contributed by atoms with Crippen LogP contribution in [0.25, 0.3) is 0 Å². The average molecular weight is 447 g/mol. The van der Waals surface area contributed by atoms with Gasteiger partial charge in [0.05, 0.1) is 5.75 Å². The summed E-state index contributed by atoms with van der Waals surface area (Å²) in [5.41, 5.74) is 2.02. The number of rotatable bonds is 10. The molecule has 0 aromatic heterocycles. The van der Waals surface area contributed by atoms with Gasteiger partial charge in [0, 0.05) is 23.0 Å². The Morgan fingerprint density at radius 2 is 1.77 bits per heavy atom. The molecule has 162 valence electrons. The smallest absolute Gasteiger partial charge is 0.242 e. The highest BCUT2D eigenvalue weighted by atomic mass is 35.5. The predicted molar refractivity (Wildman–Crippen MR) is 126 cm³/mol. The Labute approximate surface area is 189 Å². The van der Waals surface area contributed by atoms with Crippen molar-refractivity contribution in [3.05, 3.63) is 64.7 Å². The van der Waals surface area contributed by atoms with Gasteiger partial charge in [-0.05, 0) is 43.0 Å². The van der Waals surface area contributed by atoms with Crippen molar-refractivity contribution in [2.75, 3.05) is 12.3 Å². The summed E-state index contributed by atoms with van der Waals surface area (Å²) in [6.07, 6.45) is 0.537. The summed E-state index contributed by atoms with van der Waals surface area (Å²) in [7, 11) is 0. The lowest BCUT2D eigenvalue weighted by atomic mass is 10.1. The van der Waals surface area contributed by atoms with E-state index in [-0.39, 0.29) is 17.6 Å². The maximum Gasteiger partial charge on any atom is 0.242 e. The Hall–Kier alpha value is -1.98. The molecule has 30 heavy (non-hydrogen) atoms. The maximum atomic E-state index is 13.2. The standard InChI is InChI=1S/C24H31ClN2O2S/c1-5-22(24(29)26-14-17(2)3)27(15-19-8-6-7-9-21(19)25)23(28)16-30-20-12-10-18(4)11-13-20/h6-13,17,22H,5,14-16H2,1-4H3,(H,26,29).